The average molecular weight is 717 g/mol. The van der Waals surface area contributed by atoms with Crippen molar-refractivity contribution in [3.8, 4) is 17.1 Å². The molecule has 5 aromatic heterocycles. The highest BCUT2D eigenvalue weighted by molar-refractivity contribution is 6.29. The SMILES string of the molecule is C1=Cc2cc(-n3c4ccccc4c4c5c6ccccc6n(-c6cccc7c6c6ccccc6n7-c6cccc7oc8ccccc8c67)c5ccc43)cnc2CC1. The zero-order valence-corrected chi connectivity index (χ0v) is 30.3. The van der Waals surface area contributed by atoms with Gasteiger partial charge in [-0.15, -0.1) is 0 Å². The van der Waals surface area contributed by atoms with E-state index in [2.05, 4.69) is 178 Å². The Morgan fingerprint density at radius 3 is 1.71 bits per heavy atom. The molecule has 5 heteroatoms. The Morgan fingerprint density at radius 1 is 0.446 bits per heavy atom. The number of rotatable bonds is 3. The maximum Gasteiger partial charge on any atom is 0.137 e. The molecule has 0 unspecified atom stereocenters. The van der Waals surface area contributed by atoms with Crippen LogP contribution in [-0.4, -0.2) is 18.7 Å². The molecule has 56 heavy (non-hydrogen) atoms. The molecule has 7 aromatic carbocycles. The minimum absolute atomic E-state index is 0.888. The van der Waals surface area contributed by atoms with Gasteiger partial charge in [-0.3, -0.25) is 4.98 Å². The first-order valence-corrected chi connectivity index (χ1v) is 19.4. The summed E-state index contributed by atoms with van der Waals surface area (Å²) in [5, 5.41) is 9.65. The van der Waals surface area contributed by atoms with E-state index >= 15 is 0 Å². The number of benzene rings is 7. The van der Waals surface area contributed by atoms with E-state index in [0.29, 0.717) is 0 Å². The highest BCUT2D eigenvalue weighted by Gasteiger charge is 2.24. The number of allylic oxidation sites excluding steroid dienone is 1. The highest BCUT2D eigenvalue weighted by atomic mass is 16.3. The first-order chi connectivity index (χ1) is 27.8. The normalized spacial score (nSPS) is 13.1. The third kappa shape index (κ3) is 3.91. The summed E-state index contributed by atoms with van der Waals surface area (Å²) in [5.74, 6) is 0. The Hall–Kier alpha value is -7.37. The lowest BCUT2D eigenvalue weighted by Crippen LogP contribution is -2.02. The number of fused-ring (bicyclic) bond motifs is 14. The number of aryl methyl sites for hydroxylation is 1. The number of nitrogens with zero attached hydrogens (tertiary/aromatic N) is 4. The Balaban J connectivity index is 1.14. The maximum atomic E-state index is 6.39. The zero-order chi connectivity index (χ0) is 36.5. The van der Waals surface area contributed by atoms with E-state index in [4.69, 9.17) is 9.40 Å². The van der Waals surface area contributed by atoms with Gasteiger partial charge in [-0.05, 0) is 85.1 Å². The minimum atomic E-state index is 0.888. The van der Waals surface area contributed by atoms with E-state index in [1.807, 2.05) is 6.07 Å². The second kappa shape index (κ2) is 11.1. The largest absolute Gasteiger partial charge is 0.456 e. The number of pyridine rings is 1. The summed E-state index contributed by atoms with van der Waals surface area (Å²) >= 11 is 0. The van der Waals surface area contributed by atoms with Crippen molar-refractivity contribution in [3.05, 3.63) is 175 Å². The van der Waals surface area contributed by atoms with Crippen molar-refractivity contribution in [2.75, 3.05) is 0 Å². The maximum absolute atomic E-state index is 6.39. The van der Waals surface area contributed by atoms with Gasteiger partial charge in [0, 0.05) is 43.4 Å². The van der Waals surface area contributed by atoms with Crippen molar-refractivity contribution in [2.45, 2.75) is 12.8 Å². The monoisotopic (exact) mass is 716 g/mol. The van der Waals surface area contributed by atoms with Crippen LogP contribution in [-0.2, 0) is 6.42 Å². The minimum Gasteiger partial charge on any atom is -0.456 e. The van der Waals surface area contributed by atoms with Crippen molar-refractivity contribution in [1.82, 2.24) is 18.7 Å². The molecule has 0 bridgehead atoms. The summed E-state index contributed by atoms with van der Waals surface area (Å²) in [5.41, 5.74) is 14.6. The lowest BCUT2D eigenvalue weighted by atomic mass is 10.0. The Labute approximate surface area is 320 Å². The van der Waals surface area contributed by atoms with Gasteiger partial charge in [0.15, 0.2) is 0 Å². The molecule has 1 aliphatic carbocycles. The molecule has 0 fully saturated rings. The fourth-order valence-corrected chi connectivity index (χ4v) is 9.85. The van der Waals surface area contributed by atoms with Crippen LogP contribution in [0, 0.1) is 0 Å². The molecule has 5 nitrogen and oxygen atoms in total. The van der Waals surface area contributed by atoms with E-state index in [-0.39, 0.29) is 0 Å². The van der Waals surface area contributed by atoms with Crippen molar-refractivity contribution < 1.29 is 4.42 Å². The van der Waals surface area contributed by atoms with Gasteiger partial charge in [-0.25, -0.2) is 0 Å². The molecule has 0 N–H and O–H groups in total. The predicted molar refractivity (Wildman–Crippen MR) is 232 cm³/mol. The van der Waals surface area contributed by atoms with E-state index in [0.717, 1.165) is 62.9 Å². The molecule has 12 aromatic rings. The highest BCUT2D eigenvalue weighted by Crippen LogP contribution is 2.45. The van der Waals surface area contributed by atoms with E-state index < -0.39 is 0 Å². The Bertz CT molecular complexity index is 3660. The van der Waals surface area contributed by atoms with Crippen molar-refractivity contribution in [3.63, 3.8) is 0 Å². The fraction of sp³-hybridized carbons (Fsp3) is 0.0392. The number of para-hydroxylation sites is 4. The zero-order valence-electron chi connectivity index (χ0n) is 30.3. The van der Waals surface area contributed by atoms with E-state index in [9.17, 15) is 0 Å². The number of aromatic nitrogens is 4. The number of hydrogen-bond donors (Lipinski definition) is 0. The quantitative estimate of drug-likeness (QED) is 0.183. The lowest BCUT2D eigenvalue weighted by Gasteiger charge is -2.14. The second-order valence-corrected chi connectivity index (χ2v) is 15.0. The second-order valence-electron chi connectivity index (χ2n) is 15.0. The van der Waals surface area contributed by atoms with Crippen LogP contribution in [0.2, 0.25) is 0 Å². The molecule has 262 valence electrons. The third-order valence-electron chi connectivity index (χ3n) is 12.1. The molecule has 0 atom stereocenters. The van der Waals surface area contributed by atoms with E-state index in [1.165, 1.54) is 65.6 Å². The van der Waals surface area contributed by atoms with E-state index in [1.54, 1.807) is 0 Å². The van der Waals surface area contributed by atoms with Crippen LogP contribution in [0.15, 0.2) is 168 Å². The Kier molecular flexibility index (Phi) is 5.94. The third-order valence-corrected chi connectivity index (χ3v) is 12.1. The van der Waals surface area contributed by atoms with Gasteiger partial charge in [0.25, 0.3) is 0 Å². The average Bonchev–Trinajstić information content (AvgIpc) is 4.00. The Morgan fingerprint density at radius 2 is 0.982 bits per heavy atom. The van der Waals surface area contributed by atoms with Gasteiger partial charge < -0.3 is 18.1 Å². The van der Waals surface area contributed by atoms with Crippen LogP contribution in [0.4, 0.5) is 0 Å². The molecule has 0 radical (unpaired) electrons. The summed E-state index contributed by atoms with van der Waals surface area (Å²) in [7, 11) is 0. The summed E-state index contributed by atoms with van der Waals surface area (Å²) in [6, 6.07) is 55.0. The molecule has 13 rings (SSSR count). The van der Waals surface area contributed by atoms with Gasteiger partial charge in [-0.1, -0.05) is 97.1 Å². The topological polar surface area (TPSA) is 40.8 Å². The molecule has 0 amide bonds. The summed E-state index contributed by atoms with van der Waals surface area (Å²) in [4.78, 5) is 4.97. The smallest absolute Gasteiger partial charge is 0.137 e. The van der Waals surface area contributed by atoms with Crippen LogP contribution in [0.1, 0.15) is 17.7 Å². The van der Waals surface area contributed by atoms with Crippen LogP contribution >= 0.6 is 0 Å². The molecule has 0 saturated carbocycles. The lowest BCUT2D eigenvalue weighted by molar-refractivity contribution is 0.669. The van der Waals surface area contributed by atoms with Gasteiger partial charge >= 0.3 is 0 Å². The van der Waals surface area contributed by atoms with Crippen LogP contribution in [0.5, 0.6) is 0 Å². The van der Waals surface area contributed by atoms with Crippen molar-refractivity contribution >= 4 is 93.4 Å². The van der Waals surface area contributed by atoms with Gasteiger partial charge in [0.05, 0.1) is 61.7 Å². The standard InChI is InChI=1S/C51H32N4O/c1-6-18-37-31(13-1)29-32(30-52-37)53-38-19-7-3-15-34(38)50-44(53)27-28-45-51(50)35-16-4-9-21-40(35)55(45)42-23-11-22-41-48(42)33-14-2-8-20-39(33)54(41)43-24-12-26-47-49(43)36-17-5-10-25-46(36)56-47/h1-5,7-17,19-30H,6,18H2. The summed E-state index contributed by atoms with van der Waals surface area (Å²) in [6.07, 6.45) is 8.57. The molecule has 0 saturated heterocycles. The molecular formula is C51H32N4O. The van der Waals surface area contributed by atoms with Crippen LogP contribution in [0.3, 0.4) is 0 Å². The molecule has 5 heterocycles. The molecular weight excluding hydrogens is 685 g/mol. The first-order valence-electron chi connectivity index (χ1n) is 19.4. The summed E-state index contributed by atoms with van der Waals surface area (Å²) < 4.78 is 13.7. The molecule has 0 aliphatic heterocycles. The molecule has 0 spiro atoms. The van der Waals surface area contributed by atoms with Gasteiger partial charge in [0.2, 0.25) is 0 Å². The van der Waals surface area contributed by atoms with Crippen LogP contribution < -0.4 is 0 Å². The fourth-order valence-electron chi connectivity index (χ4n) is 9.85. The van der Waals surface area contributed by atoms with Crippen LogP contribution in [0.25, 0.3) is 110 Å². The first kappa shape index (κ1) is 30.0. The number of hydrogen-bond acceptors (Lipinski definition) is 2. The van der Waals surface area contributed by atoms with Gasteiger partial charge in [-0.2, -0.15) is 0 Å². The predicted octanol–water partition coefficient (Wildman–Crippen LogP) is 13.2. The molecule has 1 aliphatic rings. The van der Waals surface area contributed by atoms with Crippen molar-refractivity contribution in [1.29, 1.82) is 0 Å². The summed E-state index contributed by atoms with van der Waals surface area (Å²) in [6.45, 7) is 0. The van der Waals surface area contributed by atoms with Crippen molar-refractivity contribution in [2.24, 2.45) is 0 Å². The van der Waals surface area contributed by atoms with Gasteiger partial charge in [0.1, 0.15) is 11.2 Å². The number of furan rings is 1.